The number of hydrogen-bond acceptors (Lipinski definition) is 4. The van der Waals surface area contributed by atoms with E-state index in [1.807, 2.05) is 18.2 Å². The number of anilines is 1. The number of hydrogen-bond donors (Lipinski definition) is 1. The van der Waals surface area contributed by atoms with Gasteiger partial charge in [0, 0.05) is 12.1 Å². The van der Waals surface area contributed by atoms with E-state index in [4.69, 9.17) is 4.74 Å². The van der Waals surface area contributed by atoms with Gasteiger partial charge in [-0.15, -0.1) is 0 Å². The molecule has 2 aromatic carbocycles. The smallest absolute Gasteiger partial charge is 0.224 e. The molecule has 1 N–H and O–H groups in total. The standard InChI is InChI=1S/C18H20BrNO4S/c1-3-25(22,23)15-8-6-14(7-9-15)20-18(21)11-5-13-4-10-17(24-2)16(19)12-13/h4,6-10,12H,3,5,11H2,1-2H3,(H,20,21). The Kier molecular flexibility index (Phi) is 6.61. The van der Waals surface area contributed by atoms with Crippen molar-refractivity contribution in [2.75, 3.05) is 18.2 Å². The van der Waals surface area contributed by atoms with Gasteiger partial charge in [-0.2, -0.15) is 0 Å². The van der Waals surface area contributed by atoms with Crippen molar-refractivity contribution < 1.29 is 17.9 Å². The highest BCUT2D eigenvalue weighted by atomic mass is 79.9. The third-order valence-electron chi connectivity index (χ3n) is 3.73. The summed E-state index contributed by atoms with van der Waals surface area (Å²) in [5, 5.41) is 2.78. The average Bonchev–Trinajstić information content (AvgIpc) is 2.60. The Labute approximate surface area is 156 Å². The molecule has 25 heavy (non-hydrogen) atoms. The second kappa shape index (κ2) is 8.49. The summed E-state index contributed by atoms with van der Waals surface area (Å²) in [6, 6.07) is 11.9. The van der Waals surface area contributed by atoms with Crippen LogP contribution in [-0.4, -0.2) is 27.2 Å². The zero-order chi connectivity index (χ0) is 18.4. The summed E-state index contributed by atoms with van der Waals surface area (Å²) in [4.78, 5) is 12.3. The van der Waals surface area contributed by atoms with Crippen molar-refractivity contribution in [2.24, 2.45) is 0 Å². The number of carbonyl (C=O) groups excluding carboxylic acids is 1. The van der Waals surface area contributed by atoms with E-state index in [2.05, 4.69) is 21.2 Å². The normalized spacial score (nSPS) is 11.2. The van der Waals surface area contributed by atoms with Crippen molar-refractivity contribution in [3.63, 3.8) is 0 Å². The van der Waals surface area contributed by atoms with Crippen molar-refractivity contribution in [3.05, 3.63) is 52.5 Å². The number of methoxy groups -OCH3 is 1. The number of carbonyl (C=O) groups is 1. The van der Waals surface area contributed by atoms with E-state index in [0.717, 1.165) is 15.8 Å². The predicted molar refractivity (Wildman–Crippen MR) is 102 cm³/mol. The van der Waals surface area contributed by atoms with E-state index in [-0.39, 0.29) is 16.6 Å². The molecule has 2 rings (SSSR count). The largest absolute Gasteiger partial charge is 0.496 e. The van der Waals surface area contributed by atoms with Crippen LogP contribution in [0.5, 0.6) is 5.75 Å². The summed E-state index contributed by atoms with van der Waals surface area (Å²) in [5.41, 5.74) is 1.60. The number of amides is 1. The maximum absolute atomic E-state index is 12.1. The minimum absolute atomic E-state index is 0.0517. The topological polar surface area (TPSA) is 72.5 Å². The van der Waals surface area contributed by atoms with E-state index in [0.29, 0.717) is 18.5 Å². The number of rotatable bonds is 7. The molecule has 0 aliphatic carbocycles. The molecule has 0 aliphatic heterocycles. The number of halogens is 1. The fourth-order valence-electron chi connectivity index (χ4n) is 2.26. The molecular formula is C18H20BrNO4S. The molecule has 7 heteroatoms. The second-order valence-corrected chi connectivity index (χ2v) is 8.58. The molecule has 0 unspecified atom stereocenters. The number of ether oxygens (including phenoxy) is 1. The minimum atomic E-state index is -3.23. The van der Waals surface area contributed by atoms with Crippen LogP contribution in [0.15, 0.2) is 51.8 Å². The lowest BCUT2D eigenvalue weighted by Gasteiger charge is -2.08. The van der Waals surface area contributed by atoms with Crippen molar-refractivity contribution in [2.45, 2.75) is 24.7 Å². The summed E-state index contributed by atoms with van der Waals surface area (Å²) in [5.74, 6) is 0.671. The third kappa shape index (κ3) is 5.31. The third-order valence-corrected chi connectivity index (χ3v) is 6.10. The second-order valence-electron chi connectivity index (χ2n) is 5.44. The van der Waals surface area contributed by atoms with Gasteiger partial charge in [0.2, 0.25) is 5.91 Å². The van der Waals surface area contributed by atoms with E-state index < -0.39 is 9.84 Å². The van der Waals surface area contributed by atoms with Gasteiger partial charge in [-0.05, 0) is 64.3 Å². The number of sulfone groups is 1. The molecule has 0 heterocycles. The molecule has 0 saturated carbocycles. The quantitative estimate of drug-likeness (QED) is 0.731. The van der Waals surface area contributed by atoms with Crippen molar-refractivity contribution >= 4 is 37.4 Å². The average molecular weight is 426 g/mol. The Bertz CT molecular complexity index is 848. The van der Waals surface area contributed by atoms with Gasteiger partial charge < -0.3 is 10.1 Å². The van der Waals surface area contributed by atoms with Gasteiger partial charge in [0.25, 0.3) is 0 Å². The Hall–Kier alpha value is -1.86. The van der Waals surface area contributed by atoms with Crippen LogP contribution in [0.25, 0.3) is 0 Å². The first-order valence-electron chi connectivity index (χ1n) is 7.81. The van der Waals surface area contributed by atoms with Crippen LogP contribution in [0, 0.1) is 0 Å². The number of nitrogens with one attached hydrogen (secondary N) is 1. The first kappa shape index (κ1) is 19.5. The first-order chi connectivity index (χ1) is 11.9. The van der Waals surface area contributed by atoms with Crippen LogP contribution in [-0.2, 0) is 21.1 Å². The summed E-state index contributed by atoms with van der Waals surface area (Å²) in [6.07, 6.45) is 0.921. The fourth-order valence-corrected chi connectivity index (χ4v) is 3.73. The van der Waals surface area contributed by atoms with Crippen molar-refractivity contribution in [3.8, 4) is 5.75 Å². The van der Waals surface area contributed by atoms with Crippen LogP contribution in [0.1, 0.15) is 18.9 Å². The van der Waals surface area contributed by atoms with Gasteiger partial charge in [0.15, 0.2) is 9.84 Å². The van der Waals surface area contributed by atoms with Gasteiger partial charge in [0.1, 0.15) is 5.75 Å². The molecule has 0 aliphatic rings. The van der Waals surface area contributed by atoms with Gasteiger partial charge in [0.05, 0.1) is 22.2 Å². The minimum Gasteiger partial charge on any atom is -0.496 e. The molecule has 0 bridgehead atoms. The molecule has 5 nitrogen and oxygen atoms in total. The Morgan fingerprint density at radius 2 is 1.84 bits per heavy atom. The maximum atomic E-state index is 12.1. The lowest BCUT2D eigenvalue weighted by Crippen LogP contribution is -2.12. The van der Waals surface area contributed by atoms with Gasteiger partial charge in [-0.25, -0.2) is 8.42 Å². The summed E-state index contributed by atoms with van der Waals surface area (Å²) >= 11 is 3.42. The molecule has 0 fully saturated rings. The molecule has 0 radical (unpaired) electrons. The fraction of sp³-hybridized carbons (Fsp3) is 0.278. The van der Waals surface area contributed by atoms with Crippen LogP contribution in [0.4, 0.5) is 5.69 Å². The number of benzene rings is 2. The maximum Gasteiger partial charge on any atom is 0.224 e. The molecule has 0 atom stereocenters. The molecule has 0 aromatic heterocycles. The molecular weight excluding hydrogens is 406 g/mol. The predicted octanol–water partition coefficient (Wildman–Crippen LogP) is 3.82. The SMILES string of the molecule is CCS(=O)(=O)c1ccc(NC(=O)CCc2ccc(OC)c(Br)c2)cc1. The molecule has 2 aromatic rings. The number of aryl methyl sites for hydroxylation is 1. The first-order valence-corrected chi connectivity index (χ1v) is 10.3. The summed E-state index contributed by atoms with van der Waals surface area (Å²) in [7, 11) is -1.63. The highest BCUT2D eigenvalue weighted by molar-refractivity contribution is 9.10. The lowest BCUT2D eigenvalue weighted by molar-refractivity contribution is -0.116. The van der Waals surface area contributed by atoms with E-state index in [1.54, 1.807) is 26.2 Å². The molecule has 134 valence electrons. The van der Waals surface area contributed by atoms with Gasteiger partial charge in [-0.1, -0.05) is 13.0 Å². The van der Waals surface area contributed by atoms with Crippen LogP contribution < -0.4 is 10.1 Å². The Balaban J connectivity index is 1.93. The molecule has 1 amide bonds. The van der Waals surface area contributed by atoms with Crippen molar-refractivity contribution in [1.82, 2.24) is 0 Å². The summed E-state index contributed by atoms with van der Waals surface area (Å²) < 4.78 is 29.6. The zero-order valence-electron chi connectivity index (χ0n) is 14.1. The van der Waals surface area contributed by atoms with E-state index in [9.17, 15) is 13.2 Å². The van der Waals surface area contributed by atoms with Gasteiger partial charge >= 0.3 is 0 Å². The Morgan fingerprint density at radius 3 is 2.40 bits per heavy atom. The highest BCUT2D eigenvalue weighted by Gasteiger charge is 2.11. The van der Waals surface area contributed by atoms with E-state index in [1.165, 1.54) is 12.1 Å². The molecule has 0 saturated heterocycles. The monoisotopic (exact) mass is 425 g/mol. The van der Waals surface area contributed by atoms with Crippen LogP contribution >= 0.6 is 15.9 Å². The summed E-state index contributed by atoms with van der Waals surface area (Å²) in [6.45, 7) is 1.60. The highest BCUT2D eigenvalue weighted by Crippen LogP contribution is 2.26. The van der Waals surface area contributed by atoms with Crippen LogP contribution in [0.2, 0.25) is 0 Å². The zero-order valence-corrected chi connectivity index (χ0v) is 16.5. The Morgan fingerprint density at radius 1 is 1.16 bits per heavy atom. The van der Waals surface area contributed by atoms with Gasteiger partial charge in [-0.3, -0.25) is 4.79 Å². The van der Waals surface area contributed by atoms with E-state index >= 15 is 0 Å². The van der Waals surface area contributed by atoms with Crippen molar-refractivity contribution in [1.29, 1.82) is 0 Å². The molecule has 0 spiro atoms. The lowest BCUT2D eigenvalue weighted by atomic mass is 10.1. The van der Waals surface area contributed by atoms with Crippen LogP contribution in [0.3, 0.4) is 0 Å².